The second-order valence-electron chi connectivity index (χ2n) is 3.53. The lowest BCUT2D eigenvalue weighted by Crippen LogP contribution is -2.41. The molecule has 4 heteroatoms. The smallest absolute Gasteiger partial charge is 0.309 e. The van der Waals surface area contributed by atoms with Crippen molar-refractivity contribution in [2.45, 2.75) is 30.7 Å². The summed E-state index contributed by atoms with van der Waals surface area (Å²) in [5, 5.41) is 18.3. The average molecular weight is 237 g/mol. The molecule has 1 aliphatic carbocycles. The first kappa shape index (κ1) is 9.99. The normalized spacial score (nSPS) is 42.6. The molecule has 1 rings (SSSR count). The van der Waals surface area contributed by atoms with E-state index in [1.54, 1.807) is 0 Å². The van der Waals surface area contributed by atoms with Gasteiger partial charge in [0.05, 0.1) is 12.0 Å². The van der Waals surface area contributed by atoms with E-state index in [0.29, 0.717) is 12.3 Å². The fourth-order valence-corrected chi connectivity index (χ4v) is 2.70. The highest BCUT2D eigenvalue weighted by atomic mass is 79.9. The Labute approximate surface area is 79.9 Å². The van der Waals surface area contributed by atoms with Gasteiger partial charge in [0.15, 0.2) is 0 Å². The van der Waals surface area contributed by atoms with Gasteiger partial charge in [0, 0.05) is 4.83 Å². The van der Waals surface area contributed by atoms with Crippen molar-refractivity contribution >= 4 is 21.9 Å². The molecule has 1 aliphatic rings. The molecule has 4 unspecified atom stereocenters. The predicted molar refractivity (Wildman–Crippen MR) is 48.2 cm³/mol. The highest BCUT2D eigenvalue weighted by molar-refractivity contribution is 9.09. The first-order valence-corrected chi connectivity index (χ1v) is 4.99. The van der Waals surface area contributed by atoms with E-state index in [1.807, 2.05) is 6.92 Å². The second kappa shape index (κ2) is 3.75. The van der Waals surface area contributed by atoms with Crippen molar-refractivity contribution in [2.75, 3.05) is 0 Å². The van der Waals surface area contributed by atoms with Gasteiger partial charge in [-0.25, -0.2) is 0 Å². The molecule has 0 bridgehead atoms. The molecule has 0 aromatic carbocycles. The summed E-state index contributed by atoms with van der Waals surface area (Å²) < 4.78 is 0. The fraction of sp³-hybridized carbons (Fsp3) is 0.875. The number of carboxylic acids is 1. The van der Waals surface area contributed by atoms with E-state index in [9.17, 15) is 9.90 Å². The van der Waals surface area contributed by atoms with Crippen molar-refractivity contribution in [3.63, 3.8) is 0 Å². The third-order valence-electron chi connectivity index (χ3n) is 2.38. The van der Waals surface area contributed by atoms with E-state index in [4.69, 9.17) is 5.11 Å². The number of aliphatic hydroxyl groups is 1. The van der Waals surface area contributed by atoms with Crippen LogP contribution in [0, 0.1) is 11.8 Å². The summed E-state index contributed by atoms with van der Waals surface area (Å²) in [5.74, 6) is -1.12. The molecule has 0 aromatic rings. The predicted octanol–water partition coefficient (Wildman–Crippen LogP) is 1.24. The Kier molecular flexibility index (Phi) is 3.12. The SMILES string of the molecule is CC1CC(Br)C(O)C(C(=O)O)C1. The highest BCUT2D eigenvalue weighted by Gasteiger charge is 2.37. The fourth-order valence-electron chi connectivity index (χ4n) is 1.69. The number of rotatable bonds is 1. The van der Waals surface area contributed by atoms with Gasteiger partial charge >= 0.3 is 5.97 Å². The molecule has 0 spiro atoms. The number of alkyl halides is 1. The number of aliphatic carboxylic acids is 1. The topological polar surface area (TPSA) is 57.5 Å². The maximum atomic E-state index is 10.7. The molecule has 0 saturated heterocycles. The minimum atomic E-state index is -0.890. The van der Waals surface area contributed by atoms with Crippen LogP contribution in [0.1, 0.15) is 19.8 Å². The summed E-state index contributed by atoms with van der Waals surface area (Å²) in [6.45, 7) is 2.01. The van der Waals surface area contributed by atoms with Gasteiger partial charge in [-0.15, -0.1) is 0 Å². The van der Waals surface area contributed by atoms with Gasteiger partial charge in [0.25, 0.3) is 0 Å². The van der Waals surface area contributed by atoms with Gasteiger partial charge in [0.1, 0.15) is 0 Å². The Morgan fingerprint density at radius 1 is 1.50 bits per heavy atom. The number of hydrogen-bond donors (Lipinski definition) is 2. The number of carbonyl (C=O) groups is 1. The van der Waals surface area contributed by atoms with E-state index in [-0.39, 0.29) is 4.83 Å². The molecule has 1 saturated carbocycles. The number of hydrogen-bond acceptors (Lipinski definition) is 2. The molecule has 0 heterocycles. The molecule has 0 radical (unpaired) electrons. The van der Waals surface area contributed by atoms with Crippen LogP contribution in [-0.2, 0) is 4.79 Å². The lowest BCUT2D eigenvalue weighted by atomic mass is 9.80. The van der Waals surface area contributed by atoms with Crippen LogP contribution in [0.3, 0.4) is 0 Å². The van der Waals surface area contributed by atoms with Crippen LogP contribution in [0.5, 0.6) is 0 Å². The standard InChI is InChI=1S/C8H13BrO3/c1-4-2-5(8(11)12)7(10)6(9)3-4/h4-7,10H,2-3H2,1H3,(H,11,12). The van der Waals surface area contributed by atoms with E-state index < -0.39 is 18.0 Å². The summed E-state index contributed by atoms with van der Waals surface area (Å²) in [4.78, 5) is 10.6. The van der Waals surface area contributed by atoms with Crippen molar-refractivity contribution in [1.82, 2.24) is 0 Å². The minimum Gasteiger partial charge on any atom is -0.481 e. The Balaban J connectivity index is 2.66. The molecule has 12 heavy (non-hydrogen) atoms. The van der Waals surface area contributed by atoms with Gasteiger partial charge in [0.2, 0.25) is 0 Å². The Hall–Kier alpha value is -0.0900. The Morgan fingerprint density at radius 2 is 2.08 bits per heavy atom. The number of aliphatic hydroxyl groups excluding tert-OH is 1. The molecule has 0 aliphatic heterocycles. The first-order valence-electron chi connectivity index (χ1n) is 4.07. The molecule has 0 aromatic heterocycles. The van der Waals surface area contributed by atoms with E-state index in [1.165, 1.54) is 0 Å². The van der Waals surface area contributed by atoms with Crippen LogP contribution >= 0.6 is 15.9 Å². The van der Waals surface area contributed by atoms with E-state index in [0.717, 1.165) is 6.42 Å². The van der Waals surface area contributed by atoms with Crippen molar-refractivity contribution in [3.8, 4) is 0 Å². The lowest BCUT2D eigenvalue weighted by Gasteiger charge is -2.32. The van der Waals surface area contributed by atoms with Crippen LogP contribution in [0.4, 0.5) is 0 Å². The van der Waals surface area contributed by atoms with Crippen LogP contribution in [0.2, 0.25) is 0 Å². The van der Waals surface area contributed by atoms with Gasteiger partial charge in [-0.05, 0) is 18.8 Å². The Morgan fingerprint density at radius 3 is 2.58 bits per heavy atom. The highest BCUT2D eigenvalue weighted by Crippen LogP contribution is 2.33. The van der Waals surface area contributed by atoms with Crippen molar-refractivity contribution < 1.29 is 15.0 Å². The van der Waals surface area contributed by atoms with Crippen molar-refractivity contribution in [1.29, 1.82) is 0 Å². The zero-order chi connectivity index (χ0) is 9.30. The van der Waals surface area contributed by atoms with Gasteiger partial charge in [-0.2, -0.15) is 0 Å². The van der Waals surface area contributed by atoms with Crippen LogP contribution in [0.15, 0.2) is 0 Å². The third kappa shape index (κ3) is 1.98. The molecule has 1 fully saturated rings. The monoisotopic (exact) mass is 236 g/mol. The van der Waals surface area contributed by atoms with Crippen LogP contribution < -0.4 is 0 Å². The number of halogens is 1. The molecule has 3 nitrogen and oxygen atoms in total. The molecule has 4 atom stereocenters. The third-order valence-corrected chi connectivity index (χ3v) is 3.30. The number of carboxylic acid groups (broad SMARTS) is 1. The van der Waals surface area contributed by atoms with Gasteiger partial charge in [-0.1, -0.05) is 22.9 Å². The maximum absolute atomic E-state index is 10.7. The molecular formula is C8H13BrO3. The second-order valence-corrected chi connectivity index (χ2v) is 4.70. The zero-order valence-corrected chi connectivity index (χ0v) is 8.49. The van der Waals surface area contributed by atoms with Gasteiger partial charge < -0.3 is 10.2 Å². The molecule has 0 amide bonds. The molecule has 2 N–H and O–H groups in total. The zero-order valence-electron chi connectivity index (χ0n) is 6.90. The summed E-state index contributed by atoms with van der Waals surface area (Å²) in [7, 11) is 0. The van der Waals surface area contributed by atoms with E-state index in [2.05, 4.69) is 15.9 Å². The molecular weight excluding hydrogens is 224 g/mol. The largest absolute Gasteiger partial charge is 0.481 e. The van der Waals surface area contributed by atoms with Crippen LogP contribution in [0.25, 0.3) is 0 Å². The van der Waals surface area contributed by atoms with E-state index >= 15 is 0 Å². The summed E-state index contributed by atoms with van der Waals surface area (Å²) in [6.07, 6.45) is 0.697. The van der Waals surface area contributed by atoms with Crippen LogP contribution in [-0.4, -0.2) is 27.1 Å². The Bertz CT molecular complexity index is 183. The molecule has 70 valence electrons. The van der Waals surface area contributed by atoms with Crippen molar-refractivity contribution in [2.24, 2.45) is 11.8 Å². The minimum absolute atomic E-state index is 0.0673. The summed E-state index contributed by atoms with van der Waals surface area (Å²) in [6, 6.07) is 0. The van der Waals surface area contributed by atoms with Crippen molar-refractivity contribution in [3.05, 3.63) is 0 Å². The quantitative estimate of drug-likeness (QED) is 0.674. The maximum Gasteiger partial charge on any atom is 0.309 e. The average Bonchev–Trinajstić information content (AvgIpc) is 1.96. The summed E-state index contributed by atoms with van der Waals surface area (Å²) >= 11 is 3.29. The first-order chi connectivity index (χ1) is 5.52. The van der Waals surface area contributed by atoms with Gasteiger partial charge in [-0.3, -0.25) is 4.79 Å². The lowest BCUT2D eigenvalue weighted by molar-refractivity contribution is -0.147. The summed E-state index contributed by atoms with van der Waals surface area (Å²) in [5.41, 5.74) is 0.